The van der Waals surface area contributed by atoms with Crippen LogP contribution in [0, 0.1) is 0 Å². The molecule has 0 aliphatic heterocycles. The minimum absolute atomic E-state index is 0.123. The monoisotopic (exact) mass is 388 g/mol. The maximum atomic E-state index is 12.7. The Morgan fingerprint density at radius 2 is 1.79 bits per heavy atom. The molecular weight excluding hydrogens is 372 g/mol. The van der Waals surface area contributed by atoms with E-state index in [-0.39, 0.29) is 12.5 Å². The third-order valence-electron chi connectivity index (χ3n) is 4.58. The van der Waals surface area contributed by atoms with Crippen molar-refractivity contribution in [3.8, 4) is 0 Å². The largest absolute Gasteiger partial charge is 0.314 e. The summed E-state index contributed by atoms with van der Waals surface area (Å²) in [5, 5.41) is 13.3. The van der Waals surface area contributed by atoms with Gasteiger partial charge < -0.3 is 4.57 Å². The molecule has 1 amide bonds. The predicted octanol–water partition coefficient (Wildman–Crippen LogP) is 3.79. The van der Waals surface area contributed by atoms with E-state index in [1.54, 1.807) is 0 Å². The molecule has 5 aromatic rings. The van der Waals surface area contributed by atoms with Crippen LogP contribution in [0.2, 0.25) is 0 Å². The first kappa shape index (κ1) is 16.8. The van der Waals surface area contributed by atoms with Crippen molar-refractivity contribution in [2.75, 3.05) is 5.32 Å². The Bertz CT molecular complexity index is 1340. The zero-order chi connectivity index (χ0) is 19.1. The Hall–Kier alpha value is -3.39. The lowest BCUT2D eigenvalue weighted by Crippen LogP contribution is -2.18. The van der Waals surface area contributed by atoms with Gasteiger partial charge in [0, 0.05) is 5.39 Å². The van der Waals surface area contributed by atoms with Crippen LogP contribution in [0.15, 0.2) is 48.5 Å². The highest BCUT2D eigenvalue weighted by molar-refractivity contribution is 7.15. The van der Waals surface area contributed by atoms with E-state index < -0.39 is 0 Å². The molecule has 0 saturated heterocycles. The number of amides is 1. The second-order valence-corrected chi connectivity index (χ2v) is 7.45. The number of hydrogen-bond donors (Lipinski definition) is 1. The summed E-state index contributed by atoms with van der Waals surface area (Å²) in [6, 6.07) is 15.7. The van der Waals surface area contributed by atoms with Crippen LogP contribution < -0.4 is 5.32 Å². The van der Waals surface area contributed by atoms with Crippen LogP contribution in [0.3, 0.4) is 0 Å². The number of hydrogen-bond acceptors (Lipinski definition) is 6. The highest BCUT2D eigenvalue weighted by Crippen LogP contribution is 2.28. The van der Waals surface area contributed by atoms with E-state index in [0.29, 0.717) is 10.8 Å². The molecule has 0 aliphatic rings. The van der Waals surface area contributed by atoms with E-state index in [1.807, 2.05) is 60.0 Å². The molecule has 0 atom stereocenters. The SMILES string of the molecule is CCc1nnc(NC(=O)Cn2c3ccccc3c3nc4ccccc4nc32)s1. The number of benzene rings is 2. The fourth-order valence-corrected chi connectivity index (χ4v) is 3.99. The third-order valence-corrected chi connectivity index (χ3v) is 5.56. The normalized spacial score (nSPS) is 11.5. The number of aromatic nitrogens is 5. The van der Waals surface area contributed by atoms with E-state index in [9.17, 15) is 4.79 Å². The van der Waals surface area contributed by atoms with Gasteiger partial charge in [0.15, 0.2) is 5.65 Å². The fraction of sp³-hybridized carbons (Fsp3) is 0.150. The van der Waals surface area contributed by atoms with Gasteiger partial charge in [-0.2, -0.15) is 0 Å². The second kappa shape index (κ2) is 6.65. The number of fused-ring (bicyclic) bond motifs is 4. The molecule has 0 saturated carbocycles. The number of para-hydroxylation sites is 3. The highest BCUT2D eigenvalue weighted by Gasteiger charge is 2.17. The van der Waals surface area contributed by atoms with Gasteiger partial charge in [-0.25, -0.2) is 9.97 Å². The first-order chi connectivity index (χ1) is 13.7. The van der Waals surface area contributed by atoms with Crippen molar-refractivity contribution in [2.45, 2.75) is 19.9 Å². The van der Waals surface area contributed by atoms with Crippen LogP contribution in [0.4, 0.5) is 5.13 Å². The molecule has 3 aromatic heterocycles. The van der Waals surface area contributed by atoms with Gasteiger partial charge in [0.1, 0.15) is 17.1 Å². The average molecular weight is 388 g/mol. The zero-order valence-electron chi connectivity index (χ0n) is 15.1. The average Bonchev–Trinajstić information content (AvgIpc) is 3.29. The summed E-state index contributed by atoms with van der Waals surface area (Å²) in [5.74, 6) is -0.170. The van der Waals surface area contributed by atoms with Gasteiger partial charge in [-0.05, 0) is 24.6 Å². The molecular formula is C20H16N6OS. The summed E-state index contributed by atoms with van der Waals surface area (Å²) in [7, 11) is 0. The van der Waals surface area contributed by atoms with Gasteiger partial charge in [-0.1, -0.05) is 48.6 Å². The highest BCUT2D eigenvalue weighted by atomic mass is 32.1. The van der Waals surface area contributed by atoms with Gasteiger partial charge in [0.05, 0.1) is 16.6 Å². The van der Waals surface area contributed by atoms with Crippen LogP contribution in [-0.2, 0) is 17.8 Å². The number of nitrogens with one attached hydrogen (secondary N) is 1. The van der Waals surface area contributed by atoms with Gasteiger partial charge in [0.25, 0.3) is 0 Å². The van der Waals surface area contributed by atoms with Crippen molar-refractivity contribution in [1.29, 1.82) is 0 Å². The summed E-state index contributed by atoms with van der Waals surface area (Å²) in [6.07, 6.45) is 0.795. The summed E-state index contributed by atoms with van der Waals surface area (Å²) >= 11 is 1.39. The van der Waals surface area contributed by atoms with E-state index >= 15 is 0 Å². The Balaban J connectivity index is 1.60. The predicted molar refractivity (Wildman–Crippen MR) is 110 cm³/mol. The number of carbonyl (C=O) groups is 1. The van der Waals surface area contributed by atoms with Gasteiger partial charge in [0.2, 0.25) is 11.0 Å². The minimum Gasteiger partial charge on any atom is -0.314 e. The summed E-state index contributed by atoms with van der Waals surface area (Å²) < 4.78 is 1.90. The maximum Gasteiger partial charge on any atom is 0.246 e. The van der Waals surface area contributed by atoms with Crippen molar-refractivity contribution in [3.63, 3.8) is 0 Å². The van der Waals surface area contributed by atoms with Crippen molar-refractivity contribution in [1.82, 2.24) is 24.7 Å². The van der Waals surface area contributed by atoms with E-state index in [4.69, 9.17) is 9.97 Å². The van der Waals surface area contributed by atoms with E-state index in [0.717, 1.165) is 38.9 Å². The minimum atomic E-state index is -0.170. The third kappa shape index (κ3) is 2.78. The molecule has 0 fully saturated rings. The lowest BCUT2D eigenvalue weighted by molar-refractivity contribution is -0.116. The fourth-order valence-electron chi connectivity index (χ4n) is 3.29. The summed E-state index contributed by atoms with van der Waals surface area (Å²) in [4.78, 5) is 22.3. The van der Waals surface area contributed by atoms with Crippen LogP contribution >= 0.6 is 11.3 Å². The topological polar surface area (TPSA) is 85.6 Å². The van der Waals surface area contributed by atoms with E-state index in [2.05, 4.69) is 15.5 Å². The summed E-state index contributed by atoms with van der Waals surface area (Å²) in [6.45, 7) is 2.13. The zero-order valence-corrected chi connectivity index (χ0v) is 15.9. The Labute approximate surface area is 164 Å². The first-order valence-electron chi connectivity index (χ1n) is 8.99. The van der Waals surface area contributed by atoms with Gasteiger partial charge in [-0.15, -0.1) is 10.2 Å². The van der Waals surface area contributed by atoms with Crippen LogP contribution in [0.1, 0.15) is 11.9 Å². The van der Waals surface area contributed by atoms with Crippen LogP contribution in [0.5, 0.6) is 0 Å². The van der Waals surface area contributed by atoms with Crippen LogP contribution in [0.25, 0.3) is 33.1 Å². The number of rotatable bonds is 4. The van der Waals surface area contributed by atoms with Gasteiger partial charge in [-0.3, -0.25) is 10.1 Å². The molecule has 28 heavy (non-hydrogen) atoms. The smallest absolute Gasteiger partial charge is 0.246 e. The molecule has 0 bridgehead atoms. The van der Waals surface area contributed by atoms with Crippen molar-refractivity contribution in [2.24, 2.45) is 0 Å². The van der Waals surface area contributed by atoms with Crippen molar-refractivity contribution >= 4 is 55.5 Å². The Morgan fingerprint density at radius 1 is 1.04 bits per heavy atom. The molecule has 0 spiro atoms. The standard InChI is InChI=1S/C20H16N6OS/c1-2-17-24-25-20(28-17)23-16(27)11-26-15-10-6-3-7-12(15)18-19(26)22-14-9-5-4-8-13(14)21-18/h3-10H,2,11H2,1H3,(H,23,25,27). The van der Waals surface area contributed by atoms with Crippen LogP contribution in [-0.4, -0.2) is 30.6 Å². The Morgan fingerprint density at radius 3 is 2.57 bits per heavy atom. The molecule has 2 aromatic carbocycles. The lowest BCUT2D eigenvalue weighted by Gasteiger charge is -2.06. The molecule has 0 aliphatic carbocycles. The molecule has 0 radical (unpaired) electrons. The number of carbonyl (C=O) groups excluding carboxylic acids is 1. The van der Waals surface area contributed by atoms with Gasteiger partial charge >= 0.3 is 0 Å². The molecule has 0 unspecified atom stereocenters. The number of aryl methyl sites for hydroxylation is 1. The quantitative estimate of drug-likeness (QED) is 0.506. The Kier molecular flexibility index (Phi) is 3.98. The maximum absolute atomic E-state index is 12.7. The van der Waals surface area contributed by atoms with Crippen molar-refractivity contribution < 1.29 is 4.79 Å². The summed E-state index contributed by atoms with van der Waals surface area (Å²) in [5.41, 5.74) is 4.06. The lowest BCUT2D eigenvalue weighted by atomic mass is 10.2. The molecule has 7 nitrogen and oxygen atoms in total. The molecule has 1 N–H and O–H groups in total. The van der Waals surface area contributed by atoms with Crippen molar-refractivity contribution in [3.05, 3.63) is 53.5 Å². The number of nitrogens with zero attached hydrogens (tertiary/aromatic N) is 5. The molecule has 5 rings (SSSR count). The molecule has 3 heterocycles. The molecule has 138 valence electrons. The van der Waals surface area contributed by atoms with E-state index in [1.165, 1.54) is 11.3 Å². The first-order valence-corrected chi connectivity index (χ1v) is 9.80. The second-order valence-electron chi connectivity index (χ2n) is 6.39. The molecule has 8 heteroatoms. The number of anilines is 1.